The molecular weight excluding hydrogens is 244 g/mol. The average molecular weight is 272 g/mol. The summed E-state index contributed by atoms with van der Waals surface area (Å²) < 4.78 is 0. The summed E-state index contributed by atoms with van der Waals surface area (Å²) in [5.41, 5.74) is -1.20. The monoisotopic (exact) mass is 272 g/mol. The Kier molecular flexibility index (Phi) is 8.19. The second-order valence-corrected chi connectivity index (χ2v) is 5.24. The van der Waals surface area contributed by atoms with E-state index in [2.05, 4.69) is 24.5 Å². The fraction of sp³-hybridized carbons (Fsp3) is 0.857. The normalized spacial score (nSPS) is 15.4. The van der Waals surface area contributed by atoms with Crippen molar-refractivity contribution >= 4 is 12.0 Å². The molecule has 19 heavy (non-hydrogen) atoms. The summed E-state index contributed by atoms with van der Waals surface area (Å²) in [6.07, 6.45) is 4.77. The highest BCUT2D eigenvalue weighted by Gasteiger charge is 2.32. The van der Waals surface area contributed by atoms with Gasteiger partial charge in [0, 0.05) is 6.54 Å². The largest absolute Gasteiger partial charge is 0.480 e. The summed E-state index contributed by atoms with van der Waals surface area (Å²) in [7, 11) is 0. The van der Waals surface area contributed by atoms with Crippen LogP contribution < -0.4 is 10.6 Å². The van der Waals surface area contributed by atoms with Gasteiger partial charge < -0.3 is 15.7 Å². The maximum atomic E-state index is 11.7. The molecule has 0 aliphatic heterocycles. The highest BCUT2D eigenvalue weighted by Crippen LogP contribution is 2.12. The van der Waals surface area contributed by atoms with E-state index in [4.69, 9.17) is 5.11 Å². The number of rotatable bonds is 9. The van der Waals surface area contributed by atoms with Crippen molar-refractivity contribution in [1.82, 2.24) is 10.6 Å². The van der Waals surface area contributed by atoms with E-state index >= 15 is 0 Å². The Bertz CT molecular complexity index is 294. The van der Waals surface area contributed by atoms with Gasteiger partial charge in [0.2, 0.25) is 0 Å². The number of amides is 2. The van der Waals surface area contributed by atoms with Gasteiger partial charge in [-0.25, -0.2) is 9.59 Å². The first-order chi connectivity index (χ1) is 8.89. The van der Waals surface area contributed by atoms with Gasteiger partial charge in [0.15, 0.2) is 0 Å². The van der Waals surface area contributed by atoms with Crippen molar-refractivity contribution in [3.63, 3.8) is 0 Å². The number of carboxylic acid groups (broad SMARTS) is 1. The highest BCUT2D eigenvalue weighted by molar-refractivity contribution is 5.85. The Morgan fingerprint density at radius 2 is 1.89 bits per heavy atom. The van der Waals surface area contributed by atoms with Gasteiger partial charge in [-0.1, -0.05) is 40.0 Å². The fourth-order valence-corrected chi connectivity index (χ4v) is 1.77. The lowest BCUT2D eigenvalue weighted by atomic mass is 9.99. The smallest absolute Gasteiger partial charge is 0.329 e. The van der Waals surface area contributed by atoms with E-state index in [-0.39, 0.29) is 0 Å². The van der Waals surface area contributed by atoms with Crippen molar-refractivity contribution in [2.24, 2.45) is 5.92 Å². The summed E-state index contributed by atoms with van der Waals surface area (Å²) in [5.74, 6) is -0.549. The summed E-state index contributed by atoms with van der Waals surface area (Å²) >= 11 is 0. The second kappa shape index (κ2) is 8.77. The van der Waals surface area contributed by atoms with E-state index < -0.39 is 17.5 Å². The van der Waals surface area contributed by atoms with Crippen molar-refractivity contribution in [1.29, 1.82) is 0 Å². The molecule has 5 nitrogen and oxygen atoms in total. The first-order valence-corrected chi connectivity index (χ1v) is 7.19. The molecular formula is C14H28N2O3. The van der Waals surface area contributed by atoms with Crippen molar-refractivity contribution in [3.8, 4) is 0 Å². The lowest BCUT2D eigenvalue weighted by Crippen LogP contribution is -2.55. The van der Waals surface area contributed by atoms with Gasteiger partial charge in [-0.2, -0.15) is 0 Å². The average Bonchev–Trinajstić information content (AvgIpc) is 2.38. The lowest BCUT2D eigenvalue weighted by Gasteiger charge is -2.25. The van der Waals surface area contributed by atoms with Crippen LogP contribution >= 0.6 is 0 Å². The van der Waals surface area contributed by atoms with Crippen LogP contribution in [-0.2, 0) is 4.79 Å². The van der Waals surface area contributed by atoms with E-state index in [0.717, 1.165) is 25.7 Å². The predicted octanol–water partition coefficient (Wildman–Crippen LogP) is 2.76. The molecule has 0 aromatic carbocycles. The van der Waals surface area contributed by atoms with Gasteiger partial charge in [0.1, 0.15) is 5.54 Å². The molecule has 0 fully saturated rings. The first kappa shape index (κ1) is 17.7. The molecule has 0 saturated heterocycles. The zero-order valence-electron chi connectivity index (χ0n) is 12.6. The summed E-state index contributed by atoms with van der Waals surface area (Å²) in [5, 5.41) is 14.4. The molecule has 0 aliphatic carbocycles. The van der Waals surface area contributed by atoms with Crippen molar-refractivity contribution in [2.75, 3.05) is 6.54 Å². The van der Waals surface area contributed by atoms with E-state index in [1.165, 1.54) is 6.92 Å². The molecule has 112 valence electrons. The molecule has 0 spiro atoms. The molecule has 0 aromatic rings. The molecule has 0 aromatic heterocycles. The maximum Gasteiger partial charge on any atom is 0.329 e. The highest BCUT2D eigenvalue weighted by atomic mass is 16.4. The number of aliphatic carboxylic acids is 1. The standard InChI is InChI=1S/C14H28N2O3/c1-5-8-9-11(6-2)10-15-13(19)16-14(4,7-3)12(17)18/h11H,5-10H2,1-4H3,(H,17,18)(H2,15,16,19). The van der Waals surface area contributed by atoms with Crippen LogP contribution in [0.1, 0.15) is 59.8 Å². The molecule has 2 amide bonds. The zero-order chi connectivity index (χ0) is 14.9. The number of urea groups is 1. The SMILES string of the molecule is CCCCC(CC)CNC(=O)NC(C)(CC)C(=O)O. The number of carbonyl (C=O) groups excluding carboxylic acids is 1. The first-order valence-electron chi connectivity index (χ1n) is 7.19. The Labute approximate surface area is 116 Å². The van der Waals surface area contributed by atoms with Crippen molar-refractivity contribution < 1.29 is 14.7 Å². The van der Waals surface area contributed by atoms with Gasteiger partial charge in [-0.3, -0.25) is 0 Å². The second-order valence-electron chi connectivity index (χ2n) is 5.24. The lowest BCUT2D eigenvalue weighted by molar-refractivity contribution is -0.143. The van der Waals surface area contributed by atoms with Crippen LogP contribution in [-0.4, -0.2) is 29.2 Å². The predicted molar refractivity (Wildman–Crippen MR) is 76.2 cm³/mol. The summed E-state index contributed by atoms with van der Waals surface area (Å²) in [6, 6.07) is -0.401. The number of carboxylic acids is 1. The van der Waals surface area contributed by atoms with Crippen LogP contribution in [0.3, 0.4) is 0 Å². The molecule has 0 heterocycles. The molecule has 2 unspecified atom stereocenters. The van der Waals surface area contributed by atoms with Crippen molar-refractivity contribution in [2.45, 2.75) is 65.3 Å². The van der Waals surface area contributed by atoms with Gasteiger partial charge in [0.25, 0.3) is 0 Å². The van der Waals surface area contributed by atoms with E-state index in [9.17, 15) is 9.59 Å². The van der Waals surface area contributed by atoms with Gasteiger partial charge in [-0.15, -0.1) is 0 Å². The Hall–Kier alpha value is -1.26. The Morgan fingerprint density at radius 3 is 2.32 bits per heavy atom. The fourth-order valence-electron chi connectivity index (χ4n) is 1.77. The number of carbonyl (C=O) groups is 2. The minimum atomic E-state index is -1.20. The number of unbranched alkanes of at least 4 members (excludes halogenated alkanes) is 1. The maximum absolute atomic E-state index is 11.7. The van der Waals surface area contributed by atoms with Crippen LogP contribution in [0.15, 0.2) is 0 Å². The third-order valence-corrected chi connectivity index (χ3v) is 3.66. The van der Waals surface area contributed by atoms with Crippen LogP contribution in [0.25, 0.3) is 0 Å². The Balaban J connectivity index is 4.20. The number of nitrogens with one attached hydrogen (secondary N) is 2. The third-order valence-electron chi connectivity index (χ3n) is 3.66. The molecule has 2 atom stereocenters. The molecule has 0 radical (unpaired) electrons. The number of hydrogen-bond donors (Lipinski definition) is 3. The minimum Gasteiger partial charge on any atom is -0.480 e. The molecule has 0 aliphatic rings. The van der Waals surface area contributed by atoms with Gasteiger partial charge in [-0.05, 0) is 25.7 Å². The van der Waals surface area contributed by atoms with Crippen LogP contribution in [0.2, 0.25) is 0 Å². The third kappa shape index (κ3) is 6.45. The quantitative estimate of drug-likeness (QED) is 0.604. The van der Waals surface area contributed by atoms with Crippen molar-refractivity contribution in [3.05, 3.63) is 0 Å². The summed E-state index contributed by atoms with van der Waals surface area (Å²) in [4.78, 5) is 22.8. The zero-order valence-corrected chi connectivity index (χ0v) is 12.6. The summed E-state index contributed by atoms with van der Waals surface area (Å²) in [6.45, 7) is 8.11. The van der Waals surface area contributed by atoms with Crippen LogP contribution in [0.5, 0.6) is 0 Å². The molecule has 0 rings (SSSR count). The topological polar surface area (TPSA) is 78.4 Å². The minimum absolute atomic E-state index is 0.350. The number of hydrogen-bond acceptors (Lipinski definition) is 2. The van der Waals surface area contributed by atoms with Crippen LogP contribution in [0, 0.1) is 5.92 Å². The van der Waals surface area contributed by atoms with Gasteiger partial charge in [0.05, 0.1) is 0 Å². The molecule has 0 bridgehead atoms. The van der Waals surface area contributed by atoms with Gasteiger partial charge >= 0.3 is 12.0 Å². The Morgan fingerprint density at radius 1 is 1.26 bits per heavy atom. The van der Waals surface area contributed by atoms with E-state index in [0.29, 0.717) is 18.9 Å². The van der Waals surface area contributed by atoms with E-state index in [1.54, 1.807) is 6.92 Å². The molecule has 0 saturated carbocycles. The molecule has 5 heteroatoms. The van der Waals surface area contributed by atoms with Crippen LogP contribution in [0.4, 0.5) is 4.79 Å². The molecule has 3 N–H and O–H groups in total. The van der Waals surface area contributed by atoms with E-state index in [1.807, 2.05) is 0 Å².